The van der Waals surface area contributed by atoms with Crippen molar-refractivity contribution < 1.29 is 24.2 Å². The minimum atomic E-state index is -1.22. The number of ether oxygens (including phenoxy) is 2. The molecule has 0 spiro atoms. The number of carboxylic acids is 1. The number of carbonyl (C=O) groups is 2. The van der Waals surface area contributed by atoms with E-state index in [1.54, 1.807) is 19.2 Å². The maximum Gasteiger partial charge on any atom is 0.320 e. The number of hydrogen-bond donors (Lipinski definition) is 1. The molecule has 142 valence electrons. The van der Waals surface area contributed by atoms with Crippen molar-refractivity contribution >= 4 is 17.8 Å². The molecule has 27 heavy (non-hydrogen) atoms. The Morgan fingerprint density at radius 3 is 2.89 bits per heavy atom. The van der Waals surface area contributed by atoms with Crippen LogP contribution in [0.4, 0.5) is 5.82 Å². The number of anilines is 1. The van der Waals surface area contributed by atoms with Gasteiger partial charge in [0.25, 0.3) is 0 Å². The standard InChI is InChI=1S/C20H22N2O5/c1-2-26-20(25)16(19(23)24)12-14-6-7-17-15(11-14)13-22(9-10-27-17)18-5-3-4-8-21-18/h3-8,11,16H,2,9-10,12-13H2,1H3,(H,23,24). The number of pyridine rings is 1. The zero-order chi connectivity index (χ0) is 19.2. The number of aliphatic carboxylic acids is 1. The minimum absolute atomic E-state index is 0.0744. The van der Waals surface area contributed by atoms with Gasteiger partial charge in [0, 0.05) is 18.3 Å². The highest BCUT2D eigenvalue weighted by atomic mass is 16.5. The third-order valence-corrected chi connectivity index (χ3v) is 4.39. The molecule has 0 saturated carbocycles. The molecule has 0 bridgehead atoms. The monoisotopic (exact) mass is 370 g/mol. The number of esters is 1. The maximum absolute atomic E-state index is 11.9. The van der Waals surface area contributed by atoms with E-state index in [4.69, 9.17) is 9.47 Å². The molecule has 1 N–H and O–H groups in total. The van der Waals surface area contributed by atoms with E-state index < -0.39 is 17.9 Å². The molecular weight excluding hydrogens is 348 g/mol. The van der Waals surface area contributed by atoms with E-state index in [9.17, 15) is 14.7 Å². The van der Waals surface area contributed by atoms with Crippen LogP contribution >= 0.6 is 0 Å². The van der Waals surface area contributed by atoms with Crippen LogP contribution in [0.1, 0.15) is 18.1 Å². The van der Waals surface area contributed by atoms with Gasteiger partial charge >= 0.3 is 11.9 Å². The fourth-order valence-corrected chi connectivity index (χ4v) is 3.06. The van der Waals surface area contributed by atoms with E-state index in [0.29, 0.717) is 19.7 Å². The van der Waals surface area contributed by atoms with Crippen molar-refractivity contribution in [3.8, 4) is 5.75 Å². The van der Waals surface area contributed by atoms with Crippen LogP contribution in [0.2, 0.25) is 0 Å². The lowest BCUT2D eigenvalue weighted by atomic mass is 9.97. The second kappa shape index (κ2) is 8.53. The minimum Gasteiger partial charge on any atom is -0.491 e. The largest absolute Gasteiger partial charge is 0.491 e. The fraction of sp³-hybridized carbons (Fsp3) is 0.350. The summed E-state index contributed by atoms with van der Waals surface area (Å²) in [4.78, 5) is 29.9. The van der Waals surface area contributed by atoms with Crippen LogP contribution in [0, 0.1) is 5.92 Å². The number of rotatable bonds is 6. The van der Waals surface area contributed by atoms with Gasteiger partial charge in [0.1, 0.15) is 18.2 Å². The first-order chi connectivity index (χ1) is 13.1. The summed E-state index contributed by atoms with van der Waals surface area (Å²) in [5.41, 5.74) is 1.68. The van der Waals surface area contributed by atoms with Crippen LogP contribution in [0.15, 0.2) is 42.6 Å². The van der Waals surface area contributed by atoms with Gasteiger partial charge in [-0.1, -0.05) is 18.2 Å². The molecule has 2 aromatic rings. The van der Waals surface area contributed by atoms with Crippen molar-refractivity contribution in [3.63, 3.8) is 0 Å². The normalized spacial score (nSPS) is 14.5. The first-order valence-electron chi connectivity index (χ1n) is 8.88. The second-order valence-corrected chi connectivity index (χ2v) is 6.25. The number of nitrogens with zero attached hydrogens (tertiary/aromatic N) is 2. The van der Waals surface area contributed by atoms with Crippen molar-refractivity contribution in [2.75, 3.05) is 24.7 Å². The lowest BCUT2D eigenvalue weighted by Gasteiger charge is -2.20. The summed E-state index contributed by atoms with van der Waals surface area (Å²) in [6, 6.07) is 11.3. The Kier molecular flexibility index (Phi) is 5.90. The molecule has 0 amide bonds. The van der Waals surface area contributed by atoms with Gasteiger partial charge in [-0.15, -0.1) is 0 Å². The molecule has 3 rings (SSSR count). The summed E-state index contributed by atoms with van der Waals surface area (Å²) >= 11 is 0. The van der Waals surface area contributed by atoms with E-state index in [-0.39, 0.29) is 13.0 Å². The number of carbonyl (C=O) groups excluding carboxylic acids is 1. The van der Waals surface area contributed by atoms with Crippen LogP contribution in [0.5, 0.6) is 5.75 Å². The van der Waals surface area contributed by atoms with Crippen molar-refractivity contribution in [3.05, 3.63) is 53.7 Å². The number of aromatic nitrogens is 1. The first kappa shape index (κ1) is 18.7. The summed E-state index contributed by atoms with van der Waals surface area (Å²) in [5.74, 6) is -1.50. The zero-order valence-electron chi connectivity index (χ0n) is 15.1. The van der Waals surface area contributed by atoms with Gasteiger partial charge in [-0.25, -0.2) is 4.98 Å². The molecule has 2 heterocycles. The molecule has 7 heteroatoms. The molecule has 1 atom stereocenters. The summed E-state index contributed by atoms with van der Waals surface area (Å²) in [6.07, 6.45) is 1.82. The highest BCUT2D eigenvalue weighted by Crippen LogP contribution is 2.27. The van der Waals surface area contributed by atoms with Crippen LogP contribution in [0.25, 0.3) is 0 Å². The maximum atomic E-state index is 11.9. The van der Waals surface area contributed by atoms with Gasteiger partial charge in [0.15, 0.2) is 5.92 Å². The molecule has 0 saturated heterocycles. The molecule has 7 nitrogen and oxygen atoms in total. The second-order valence-electron chi connectivity index (χ2n) is 6.25. The topological polar surface area (TPSA) is 89.0 Å². The van der Waals surface area contributed by atoms with Crippen LogP contribution < -0.4 is 9.64 Å². The molecule has 1 aromatic carbocycles. The Morgan fingerprint density at radius 2 is 2.19 bits per heavy atom. The van der Waals surface area contributed by atoms with E-state index in [1.807, 2.05) is 30.3 Å². The van der Waals surface area contributed by atoms with Crippen molar-refractivity contribution in [1.82, 2.24) is 4.98 Å². The Bertz CT molecular complexity index is 809. The molecule has 0 fully saturated rings. The highest BCUT2D eigenvalue weighted by molar-refractivity contribution is 5.94. The lowest BCUT2D eigenvalue weighted by molar-refractivity contribution is -0.158. The highest BCUT2D eigenvalue weighted by Gasteiger charge is 2.28. The third kappa shape index (κ3) is 4.55. The Hall–Kier alpha value is -3.09. The van der Waals surface area contributed by atoms with E-state index in [2.05, 4.69) is 9.88 Å². The van der Waals surface area contributed by atoms with Gasteiger partial charge < -0.3 is 19.5 Å². The van der Waals surface area contributed by atoms with Gasteiger partial charge in [0.2, 0.25) is 0 Å². The van der Waals surface area contributed by atoms with Gasteiger partial charge in [-0.05, 0) is 37.1 Å². The number of fused-ring (bicyclic) bond motifs is 1. The summed E-state index contributed by atoms with van der Waals surface area (Å²) in [5, 5.41) is 9.36. The molecular formula is C20H22N2O5. The number of carboxylic acid groups (broad SMARTS) is 1. The summed E-state index contributed by atoms with van der Waals surface area (Å²) < 4.78 is 10.7. The summed E-state index contributed by atoms with van der Waals surface area (Å²) in [6.45, 7) is 3.63. The smallest absolute Gasteiger partial charge is 0.320 e. The van der Waals surface area contributed by atoms with Crippen LogP contribution in [-0.4, -0.2) is 41.8 Å². The first-order valence-corrected chi connectivity index (χ1v) is 8.88. The third-order valence-electron chi connectivity index (χ3n) is 4.39. The molecule has 1 aromatic heterocycles. The SMILES string of the molecule is CCOC(=O)C(Cc1ccc2c(c1)CN(c1ccccn1)CCO2)C(=O)O. The molecule has 1 unspecified atom stereocenters. The van der Waals surface area contributed by atoms with E-state index in [1.165, 1.54) is 0 Å². The Balaban J connectivity index is 1.81. The van der Waals surface area contributed by atoms with E-state index >= 15 is 0 Å². The average molecular weight is 370 g/mol. The van der Waals surface area contributed by atoms with Crippen molar-refractivity contribution in [2.45, 2.75) is 19.9 Å². The Morgan fingerprint density at radius 1 is 1.33 bits per heavy atom. The Labute approximate surface area is 157 Å². The zero-order valence-corrected chi connectivity index (χ0v) is 15.1. The average Bonchev–Trinajstić information content (AvgIpc) is 2.88. The number of benzene rings is 1. The van der Waals surface area contributed by atoms with Gasteiger partial charge in [-0.3, -0.25) is 9.59 Å². The number of hydrogen-bond acceptors (Lipinski definition) is 6. The quantitative estimate of drug-likeness (QED) is 0.616. The van der Waals surface area contributed by atoms with Gasteiger partial charge in [-0.2, -0.15) is 0 Å². The summed E-state index contributed by atoms with van der Waals surface area (Å²) in [7, 11) is 0. The predicted molar refractivity (Wildman–Crippen MR) is 98.7 cm³/mol. The van der Waals surface area contributed by atoms with Crippen LogP contribution in [-0.2, 0) is 27.3 Å². The molecule has 0 aliphatic carbocycles. The molecule has 1 aliphatic heterocycles. The van der Waals surface area contributed by atoms with Crippen LogP contribution in [0.3, 0.4) is 0 Å². The molecule has 0 radical (unpaired) electrons. The fourth-order valence-electron chi connectivity index (χ4n) is 3.06. The van der Waals surface area contributed by atoms with Crippen molar-refractivity contribution in [1.29, 1.82) is 0 Å². The van der Waals surface area contributed by atoms with E-state index in [0.717, 1.165) is 22.7 Å². The van der Waals surface area contributed by atoms with Crippen molar-refractivity contribution in [2.24, 2.45) is 5.92 Å². The molecule has 1 aliphatic rings. The van der Waals surface area contributed by atoms with Gasteiger partial charge in [0.05, 0.1) is 13.2 Å². The lowest BCUT2D eigenvalue weighted by Crippen LogP contribution is -2.28. The predicted octanol–water partition coefficient (Wildman–Crippen LogP) is 2.29.